The van der Waals surface area contributed by atoms with Crippen LogP contribution >= 0.6 is 11.6 Å². The summed E-state index contributed by atoms with van der Waals surface area (Å²) in [5.41, 5.74) is 2.04. The maximum Gasteiger partial charge on any atom is 0.266 e. The quantitative estimate of drug-likeness (QED) is 0.316. The van der Waals surface area contributed by atoms with E-state index in [1.165, 1.54) is 0 Å². The summed E-state index contributed by atoms with van der Waals surface area (Å²) in [6.07, 6.45) is 3.19. The maximum absolute atomic E-state index is 12.8. The van der Waals surface area contributed by atoms with Crippen LogP contribution in [0.2, 0.25) is 5.02 Å². The van der Waals surface area contributed by atoms with E-state index in [0.29, 0.717) is 28.6 Å². The van der Waals surface area contributed by atoms with Gasteiger partial charge in [0, 0.05) is 16.3 Å². The summed E-state index contributed by atoms with van der Waals surface area (Å²) in [6, 6.07) is 18.7. The van der Waals surface area contributed by atoms with Crippen LogP contribution in [0.3, 0.4) is 0 Å². The van der Waals surface area contributed by atoms with Crippen molar-refractivity contribution in [1.29, 1.82) is 5.26 Å². The molecule has 0 aliphatic carbocycles. The SMILES string of the molecule is C=CCOc1ccc2ccccc2c1/C=C(\C#N)C(=O)Nc1cc(Cl)ccc1C. The Kier molecular flexibility index (Phi) is 6.33. The summed E-state index contributed by atoms with van der Waals surface area (Å²) < 4.78 is 5.75. The molecule has 0 aliphatic heterocycles. The lowest BCUT2D eigenvalue weighted by molar-refractivity contribution is -0.112. The molecule has 1 amide bonds. The van der Waals surface area contributed by atoms with Crippen molar-refractivity contribution in [3.05, 3.63) is 89.0 Å². The predicted octanol–water partition coefficient (Wildman–Crippen LogP) is 5.91. The van der Waals surface area contributed by atoms with Crippen LogP contribution < -0.4 is 10.1 Å². The third-order valence-electron chi connectivity index (χ3n) is 4.39. The van der Waals surface area contributed by atoms with Crippen molar-refractivity contribution in [2.24, 2.45) is 0 Å². The first-order valence-electron chi connectivity index (χ1n) is 8.98. The zero-order valence-electron chi connectivity index (χ0n) is 15.9. The molecule has 0 spiro atoms. The Bertz CT molecular complexity index is 1160. The minimum absolute atomic E-state index is 0.0378. The smallest absolute Gasteiger partial charge is 0.266 e. The van der Waals surface area contributed by atoms with Gasteiger partial charge in [-0.05, 0) is 47.5 Å². The minimum atomic E-state index is -0.513. The highest BCUT2D eigenvalue weighted by Gasteiger charge is 2.14. The van der Waals surface area contributed by atoms with E-state index in [9.17, 15) is 10.1 Å². The molecule has 5 heteroatoms. The number of hydrogen-bond acceptors (Lipinski definition) is 3. The normalized spacial score (nSPS) is 11.0. The van der Waals surface area contributed by atoms with Crippen molar-refractivity contribution in [2.45, 2.75) is 6.92 Å². The topological polar surface area (TPSA) is 62.1 Å². The Labute approximate surface area is 174 Å². The molecular formula is C24H19ClN2O2. The van der Waals surface area contributed by atoms with Crippen molar-refractivity contribution < 1.29 is 9.53 Å². The van der Waals surface area contributed by atoms with Crippen LogP contribution in [0.4, 0.5) is 5.69 Å². The van der Waals surface area contributed by atoms with Gasteiger partial charge in [-0.3, -0.25) is 4.79 Å². The molecule has 0 saturated carbocycles. The van der Waals surface area contributed by atoms with E-state index in [1.54, 1.807) is 30.4 Å². The predicted molar refractivity (Wildman–Crippen MR) is 118 cm³/mol. The van der Waals surface area contributed by atoms with Crippen molar-refractivity contribution in [3.8, 4) is 11.8 Å². The second-order valence-electron chi connectivity index (χ2n) is 6.38. The number of ether oxygens (including phenoxy) is 1. The number of nitriles is 1. The molecule has 4 nitrogen and oxygen atoms in total. The van der Waals surface area contributed by atoms with Crippen molar-refractivity contribution in [3.63, 3.8) is 0 Å². The van der Waals surface area contributed by atoms with E-state index in [4.69, 9.17) is 16.3 Å². The fraction of sp³-hybridized carbons (Fsp3) is 0.0833. The Morgan fingerprint density at radius 3 is 2.79 bits per heavy atom. The number of aryl methyl sites for hydroxylation is 1. The first-order chi connectivity index (χ1) is 14.0. The van der Waals surface area contributed by atoms with Gasteiger partial charge in [0.15, 0.2) is 0 Å². The number of nitrogens with one attached hydrogen (secondary N) is 1. The Morgan fingerprint density at radius 1 is 1.24 bits per heavy atom. The zero-order valence-corrected chi connectivity index (χ0v) is 16.7. The van der Waals surface area contributed by atoms with E-state index in [1.807, 2.05) is 49.4 Å². The van der Waals surface area contributed by atoms with E-state index in [2.05, 4.69) is 11.9 Å². The van der Waals surface area contributed by atoms with Gasteiger partial charge in [-0.1, -0.05) is 60.7 Å². The number of nitrogens with zero attached hydrogens (tertiary/aromatic N) is 1. The van der Waals surface area contributed by atoms with Gasteiger partial charge in [0.05, 0.1) is 0 Å². The molecule has 0 aromatic heterocycles. The molecule has 0 radical (unpaired) electrons. The molecule has 0 fully saturated rings. The summed E-state index contributed by atoms with van der Waals surface area (Å²) in [5, 5.41) is 14.8. The summed E-state index contributed by atoms with van der Waals surface area (Å²) >= 11 is 6.02. The van der Waals surface area contributed by atoms with E-state index < -0.39 is 5.91 Å². The summed E-state index contributed by atoms with van der Waals surface area (Å²) in [4.78, 5) is 12.8. The number of halogens is 1. The average molecular weight is 403 g/mol. The first-order valence-corrected chi connectivity index (χ1v) is 9.36. The lowest BCUT2D eigenvalue weighted by atomic mass is 10.0. The summed E-state index contributed by atoms with van der Waals surface area (Å²) in [5.74, 6) is 0.0588. The maximum atomic E-state index is 12.8. The highest BCUT2D eigenvalue weighted by Crippen LogP contribution is 2.31. The molecule has 0 bridgehead atoms. The molecule has 3 rings (SSSR count). The van der Waals surface area contributed by atoms with E-state index in [0.717, 1.165) is 16.3 Å². The van der Waals surface area contributed by atoms with Crippen molar-refractivity contribution in [1.82, 2.24) is 0 Å². The molecule has 3 aromatic carbocycles. The summed E-state index contributed by atoms with van der Waals surface area (Å²) in [7, 11) is 0. The van der Waals surface area contributed by atoms with Crippen LogP contribution in [0.25, 0.3) is 16.8 Å². The molecule has 3 aromatic rings. The number of fused-ring (bicyclic) bond motifs is 1. The van der Waals surface area contributed by atoms with Gasteiger partial charge in [-0.2, -0.15) is 5.26 Å². The number of hydrogen-bond donors (Lipinski definition) is 1. The molecule has 29 heavy (non-hydrogen) atoms. The molecule has 0 saturated heterocycles. The monoisotopic (exact) mass is 402 g/mol. The summed E-state index contributed by atoms with van der Waals surface area (Å²) in [6.45, 7) is 5.84. The van der Waals surface area contributed by atoms with Crippen LogP contribution in [0.5, 0.6) is 5.75 Å². The van der Waals surface area contributed by atoms with Gasteiger partial charge in [0.2, 0.25) is 0 Å². The second-order valence-corrected chi connectivity index (χ2v) is 6.82. The lowest BCUT2D eigenvalue weighted by Gasteiger charge is -2.12. The number of benzene rings is 3. The third-order valence-corrected chi connectivity index (χ3v) is 4.62. The Balaban J connectivity index is 2.05. The first kappa shape index (κ1) is 20.2. The zero-order chi connectivity index (χ0) is 20.8. The van der Waals surface area contributed by atoms with Gasteiger partial charge in [0.25, 0.3) is 5.91 Å². The number of carbonyl (C=O) groups is 1. The van der Waals surface area contributed by atoms with Gasteiger partial charge < -0.3 is 10.1 Å². The number of rotatable bonds is 6. The Morgan fingerprint density at radius 2 is 2.03 bits per heavy atom. The largest absolute Gasteiger partial charge is 0.489 e. The fourth-order valence-corrected chi connectivity index (χ4v) is 3.08. The Hall–Kier alpha value is -3.55. The molecular weight excluding hydrogens is 384 g/mol. The molecule has 144 valence electrons. The third kappa shape index (κ3) is 4.66. The van der Waals surface area contributed by atoms with Crippen molar-refractivity contribution in [2.75, 3.05) is 11.9 Å². The highest BCUT2D eigenvalue weighted by molar-refractivity contribution is 6.31. The standard InChI is InChI=1S/C24H19ClN2O2/c1-3-12-29-23-11-9-17-6-4-5-7-20(17)21(23)13-18(15-26)24(28)27-22-14-19(25)10-8-16(22)2/h3-11,13-14H,1,12H2,2H3,(H,27,28)/b18-13+. The van der Waals surface area contributed by atoms with Gasteiger partial charge in [0.1, 0.15) is 24.0 Å². The highest BCUT2D eigenvalue weighted by atomic mass is 35.5. The van der Waals surface area contributed by atoms with Crippen LogP contribution in [0.15, 0.2) is 72.8 Å². The molecule has 1 N–H and O–H groups in total. The van der Waals surface area contributed by atoms with E-state index >= 15 is 0 Å². The molecule has 0 heterocycles. The van der Waals surface area contributed by atoms with Crippen LogP contribution in [0, 0.1) is 18.3 Å². The van der Waals surface area contributed by atoms with Crippen molar-refractivity contribution >= 4 is 40.0 Å². The van der Waals surface area contributed by atoms with Crippen LogP contribution in [-0.2, 0) is 4.79 Å². The molecule has 0 aliphatic rings. The van der Waals surface area contributed by atoms with Gasteiger partial charge in [-0.25, -0.2) is 0 Å². The fourth-order valence-electron chi connectivity index (χ4n) is 2.91. The molecule has 0 atom stereocenters. The average Bonchev–Trinajstić information content (AvgIpc) is 2.73. The second kappa shape index (κ2) is 9.09. The van der Waals surface area contributed by atoms with E-state index in [-0.39, 0.29) is 5.57 Å². The number of amides is 1. The van der Waals surface area contributed by atoms with Gasteiger partial charge in [-0.15, -0.1) is 0 Å². The lowest BCUT2D eigenvalue weighted by Crippen LogP contribution is -2.14. The molecule has 0 unspecified atom stereocenters. The number of anilines is 1. The van der Waals surface area contributed by atoms with Crippen LogP contribution in [-0.4, -0.2) is 12.5 Å². The number of carbonyl (C=O) groups excluding carboxylic acids is 1. The van der Waals surface area contributed by atoms with Crippen LogP contribution in [0.1, 0.15) is 11.1 Å². The van der Waals surface area contributed by atoms with Gasteiger partial charge >= 0.3 is 0 Å². The minimum Gasteiger partial charge on any atom is -0.489 e.